The molecule has 5 nitrogen and oxygen atoms in total. The second-order valence-corrected chi connectivity index (χ2v) is 6.37. The van der Waals surface area contributed by atoms with Crippen LogP contribution in [0.1, 0.15) is 9.75 Å². The number of carbonyl (C=O) groups excluding carboxylic acids is 1. The Hall–Kier alpha value is -1.21. The van der Waals surface area contributed by atoms with E-state index < -0.39 is 12.0 Å². The molecule has 1 aromatic heterocycles. The fourth-order valence-corrected chi connectivity index (χ4v) is 3.67. The van der Waals surface area contributed by atoms with Gasteiger partial charge in [0, 0.05) is 15.5 Å². The van der Waals surface area contributed by atoms with Crippen LogP contribution in [-0.2, 0) is 11.3 Å². The third-order valence-electron chi connectivity index (χ3n) is 2.64. The molecule has 2 rings (SSSR count). The van der Waals surface area contributed by atoms with Crippen LogP contribution >= 0.6 is 23.1 Å². The minimum Gasteiger partial charge on any atom is -0.480 e. The van der Waals surface area contributed by atoms with Gasteiger partial charge in [0.1, 0.15) is 6.04 Å². The number of hydrogen-bond donors (Lipinski definition) is 2. The zero-order valence-electron chi connectivity index (χ0n) is 9.88. The Morgan fingerprint density at radius 2 is 2.33 bits per heavy atom. The number of nitrogens with one attached hydrogen (secondary N) is 1. The quantitative estimate of drug-likeness (QED) is 0.888. The standard InChI is InChI=1S/C11H14N2O3S2/c1-7-2-3-8(18-7)4-12-11(16)13-6-17-5-9(13)10(14)15/h2-3,9H,4-6H2,1H3,(H,12,16)(H,14,15). The number of rotatable bonds is 3. The molecule has 1 unspecified atom stereocenters. The number of amides is 2. The van der Waals surface area contributed by atoms with Crippen LogP contribution in [0.25, 0.3) is 0 Å². The topological polar surface area (TPSA) is 69.6 Å². The Morgan fingerprint density at radius 3 is 2.94 bits per heavy atom. The fraction of sp³-hybridized carbons (Fsp3) is 0.455. The summed E-state index contributed by atoms with van der Waals surface area (Å²) >= 11 is 3.08. The molecular weight excluding hydrogens is 272 g/mol. The molecule has 18 heavy (non-hydrogen) atoms. The minimum atomic E-state index is -0.942. The van der Waals surface area contributed by atoms with Crippen LogP contribution in [0.4, 0.5) is 4.79 Å². The van der Waals surface area contributed by atoms with Crippen molar-refractivity contribution in [2.45, 2.75) is 19.5 Å². The molecule has 7 heteroatoms. The molecule has 0 aromatic carbocycles. The number of thiophene rings is 1. The number of hydrogen-bond acceptors (Lipinski definition) is 4. The van der Waals surface area contributed by atoms with Gasteiger partial charge < -0.3 is 15.3 Å². The average Bonchev–Trinajstić information content (AvgIpc) is 2.94. The molecule has 1 aromatic rings. The van der Waals surface area contributed by atoms with E-state index >= 15 is 0 Å². The van der Waals surface area contributed by atoms with Gasteiger partial charge in [0.05, 0.1) is 12.4 Å². The molecule has 0 spiro atoms. The van der Waals surface area contributed by atoms with E-state index in [0.717, 1.165) is 4.88 Å². The first-order chi connectivity index (χ1) is 8.58. The second-order valence-electron chi connectivity index (χ2n) is 3.99. The molecule has 0 saturated carbocycles. The molecule has 98 valence electrons. The van der Waals surface area contributed by atoms with E-state index in [1.807, 2.05) is 19.1 Å². The van der Waals surface area contributed by atoms with Gasteiger partial charge in [0.25, 0.3) is 0 Å². The van der Waals surface area contributed by atoms with E-state index in [2.05, 4.69) is 5.32 Å². The molecule has 0 bridgehead atoms. The molecule has 2 amide bonds. The Kier molecular flexibility index (Phi) is 4.13. The van der Waals surface area contributed by atoms with E-state index in [1.54, 1.807) is 11.3 Å². The number of carboxylic acids is 1. The molecule has 1 aliphatic rings. The monoisotopic (exact) mass is 286 g/mol. The second kappa shape index (κ2) is 5.62. The zero-order chi connectivity index (χ0) is 13.1. The van der Waals surface area contributed by atoms with Crippen LogP contribution in [0.15, 0.2) is 12.1 Å². The highest BCUT2D eigenvalue weighted by molar-refractivity contribution is 7.99. The van der Waals surface area contributed by atoms with E-state index in [0.29, 0.717) is 18.2 Å². The average molecular weight is 286 g/mol. The largest absolute Gasteiger partial charge is 0.480 e. The first kappa shape index (κ1) is 13.2. The van der Waals surface area contributed by atoms with Gasteiger partial charge in [-0.1, -0.05) is 0 Å². The van der Waals surface area contributed by atoms with Crippen molar-refractivity contribution in [2.24, 2.45) is 0 Å². The molecule has 1 atom stereocenters. The van der Waals surface area contributed by atoms with E-state index in [4.69, 9.17) is 5.11 Å². The Bertz CT molecular complexity index is 461. The van der Waals surface area contributed by atoms with Gasteiger partial charge >= 0.3 is 12.0 Å². The summed E-state index contributed by atoms with van der Waals surface area (Å²) in [6.07, 6.45) is 0. The molecule has 1 fully saturated rings. The van der Waals surface area contributed by atoms with Crippen LogP contribution in [-0.4, -0.2) is 39.7 Å². The molecule has 1 saturated heterocycles. The first-order valence-corrected chi connectivity index (χ1v) is 7.45. The van der Waals surface area contributed by atoms with Crippen LogP contribution < -0.4 is 5.32 Å². The number of carbonyl (C=O) groups is 2. The highest BCUT2D eigenvalue weighted by atomic mass is 32.2. The van der Waals surface area contributed by atoms with E-state index in [9.17, 15) is 9.59 Å². The van der Waals surface area contributed by atoms with Crippen LogP contribution in [0.3, 0.4) is 0 Å². The summed E-state index contributed by atoms with van der Waals surface area (Å²) in [5, 5.41) is 11.7. The highest BCUT2D eigenvalue weighted by Gasteiger charge is 2.34. The minimum absolute atomic E-state index is 0.307. The van der Waals surface area contributed by atoms with Crippen molar-refractivity contribution in [2.75, 3.05) is 11.6 Å². The van der Waals surface area contributed by atoms with Gasteiger partial charge in [0.15, 0.2) is 0 Å². The predicted molar refractivity (Wildman–Crippen MR) is 71.9 cm³/mol. The Labute approximate surface area is 113 Å². The third-order valence-corrected chi connectivity index (χ3v) is 4.65. The van der Waals surface area contributed by atoms with Gasteiger partial charge in [-0.15, -0.1) is 23.1 Å². The molecule has 1 aliphatic heterocycles. The SMILES string of the molecule is Cc1ccc(CNC(=O)N2CSCC2C(=O)O)s1. The van der Waals surface area contributed by atoms with Crippen molar-refractivity contribution < 1.29 is 14.7 Å². The van der Waals surface area contributed by atoms with Crippen molar-refractivity contribution in [3.8, 4) is 0 Å². The lowest BCUT2D eigenvalue weighted by atomic mass is 10.3. The Morgan fingerprint density at radius 1 is 1.56 bits per heavy atom. The maximum absolute atomic E-state index is 11.9. The summed E-state index contributed by atoms with van der Waals surface area (Å²) in [5.41, 5.74) is 0. The van der Waals surface area contributed by atoms with Gasteiger partial charge in [0.2, 0.25) is 0 Å². The van der Waals surface area contributed by atoms with E-state index in [-0.39, 0.29) is 6.03 Å². The summed E-state index contributed by atoms with van der Waals surface area (Å²) in [7, 11) is 0. The van der Waals surface area contributed by atoms with Crippen molar-refractivity contribution in [1.29, 1.82) is 0 Å². The van der Waals surface area contributed by atoms with Crippen LogP contribution in [0, 0.1) is 6.92 Å². The number of nitrogens with zero attached hydrogens (tertiary/aromatic N) is 1. The number of carboxylic acid groups (broad SMARTS) is 1. The first-order valence-electron chi connectivity index (χ1n) is 5.48. The lowest BCUT2D eigenvalue weighted by Gasteiger charge is -2.20. The molecule has 0 aliphatic carbocycles. The van der Waals surface area contributed by atoms with Gasteiger partial charge in [-0.05, 0) is 19.1 Å². The van der Waals surface area contributed by atoms with Crippen molar-refractivity contribution in [3.63, 3.8) is 0 Å². The van der Waals surface area contributed by atoms with Crippen LogP contribution in [0.5, 0.6) is 0 Å². The summed E-state index contributed by atoms with van der Waals surface area (Å²) < 4.78 is 0. The fourth-order valence-electron chi connectivity index (χ4n) is 1.69. The molecular formula is C11H14N2O3S2. The van der Waals surface area contributed by atoms with Gasteiger partial charge in [-0.3, -0.25) is 0 Å². The normalized spacial score (nSPS) is 18.9. The maximum atomic E-state index is 11.9. The van der Waals surface area contributed by atoms with Crippen molar-refractivity contribution in [1.82, 2.24) is 10.2 Å². The van der Waals surface area contributed by atoms with Crippen molar-refractivity contribution >= 4 is 35.1 Å². The summed E-state index contributed by atoms with van der Waals surface area (Å²) in [4.78, 5) is 26.5. The van der Waals surface area contributed by atoms with Gasteiger partial charge in [-0.25, -0.2) is 9.59 Å². The molecule has 2 N–H and O–H groups in total. The Balaban J connectivity index is 1.89. The number of aliphatic carboxylic acids is 1. The third kappa shape index (κ3) is 2.97. The lowest BCUT2D eigenvalue weighted by molar-refractivity contribution is -0.140. The van der Waals surface area contributed by atoms with Gasteiger partial charge in [-0.2, -0.15) is 0 Å². The molecule has 2 heterocycles. The summed E-state index contributed by atoms with van der Waals surface area (Å²) in [6.45, 7) is 2.46. The van der Waals surface area contributed by atoms with Crippen LogP contribution in [0.2, 0.25) is 0 Å². The summed E-state index contributed by atoms with van der Waals surface area (Å²) in [5.74, 6) is -0.0465. The molecule has 0 radical (unpaired) electrons. The van der Waals surface area contributed by atoms with E-state index in [1.165, 1.54) is 21.5 Å². The predicted octanol–water partition coefficient (Wildman–Crippen LogP) is 1.73. The number of urea groups is 1. The maximum Gasteiger partial charge on any atom is 0.327 e. The summed E-state index contributed by atoms with van der Waals surface area (Å²) in [6, 6.07) is 2.95. The highest BCUT2D eigenvalue weighted by Crippen LogP contribution is 2.21. The number of aryl methyl sites for hydroxylation is 1. The lowest BCUT2D eigenvalue weighted by Crippen LogP contribution is -2.46. The zero-order valence-corrected chi connectivity index (χ0v) is 11.5. The van der Waals surface area contributed by atoms with Crippen molar-refractivity contribution in [3.05, 3.63) is 21.9 Å². The number of thioether (sulfide) groups is 1. The smallest absolute Gasteiger partial charge is 0.327 e.